The van der Waals surface area contributed by atoms with E-state index in [2.05, 4.69) is 4.98 Å². The Hall–Kier alpha value is -2.75. The molecule has 4 rings (SSSR count). The van der Waals surface area contributed by atoms with Crippen LogP contribution in [0.15, 0.2) is 18.2 Å². The van der Waals surface area contributed by atoms with Crippen LogP contribution in [0.4, 0.5) is 18.0 Å². The summed E-state index contributed by atoms with van der Waals surface area (Å²) in [7, 11) is 1.22. The molecule has 0 N–H and O–H groups in total. The lowest BCUT2D eigenvalue weighted by Crippen LogP contribution is -2.46. The molecule has 3 heterocycles. The maximum Gasteiger partial charge on any atom is 0.418 e. The molecule has 1 amide bonds. The second-order valence-corrected chi connectivity index (χ2v) is 10.5. The number of aromatic nitrogens is 1. The summed E-state index contributed by atoms with van der Waals surface area (Å²) < 4.78 is 57.6. The molecule has 0 saturated carbocycles. The van der Waals surface area contributed by atoms with Crippen LogP contribution >= 0.6 is 11.6 Å². The number of benzene rings is 1. The number of carbonyl (C=O) groups is 2. The van der Waals surface area contributed by atoms with Crippen molar-refractivity contribution in [2.24, 2.45) is 0 Å². The van der Waals surface area contributed by atoms with Gasteiger partial charge in [-0.2, -0.15) is 13.2 Å². The van der Waals surface area contributed by atoms with E-state index in [0.29, 0.717) is 5.56 Å². The fraction of sp³-hybridized carbons (Fsp3) is 0.542. The second-order valence-electron chi connectivity index (χ2n) is 9.95. The highest BCUT2D eigenvalue weighted by atomic mass is 35.5. The number of carbonyl (C=O) groups excluding carboxylic acids is 2. The van der Waals surface area contributed by atoms with E-state index in [1.807, 2.05) is 0 Å². The van der Waals surface area contributed by atoms with E-state index in [-0.39, 0.29) is 41.7 Å². The fourth-order valence-electron chi connectivity index (χ4n) is 4.80. The largest absolute Gasteiger partial charge is 0.483 e. The Morgan fingerprint density at radius 3 is 2.51 bits per heavy atom. The van der Waals surface area contributed by atoms with Gasteiger partial charge in [0.15, 0.2) is 0 Å². The van der Waals surface area contributed by atoms with Crippen LogP contribution < -0.4 is 4.74 Å². The third-order valence-corrected chi connectivity index (χ3v) is 6.54. The Balaban J connectivity index is 1.77. The summed E-state index contributed by atoms with van der Waals surface area (Å²) in [6.45, 7) is 6.67. The van der Waals surface area contributed by atoms with Gasteiger partial charge >= 0.3 is 18.2 Å². The number of nitrogens with zero attached hydrogens (tertiary/aromatic N) is 2. The monoisotopic (exact) mass is 514 g/mol. The van der Waals surface area contributed by atoms with Gasteiger partial charge in [-0.15, -0.1) is 11.6 Å². The Labute approximate surface area is 205 Å². The Kier molecular flexibility index (Phi) is 6.10. The minimum absolute atomic E-state index is 0.00952. The summed E-state index contributed by atoms with van der Waals surface area (Å²) in [4.78, 5) is 30.9. The van der Waals surface area contributed by atoms with Crippen LogP contribution in [0.5, 0.6) is 5.75 Å². The number of hydrogen-bond donors (Lipinski definition) is 0. The molecule has 0 bridgehead atoms. The summed E-state index contributed by atoms with van der Waals surface area (Å²) in [5, 5.41) is -0.495. The SMILES string of the molecule is COC(=O)[C@@H]1C[C@@]2(CC(Cl)c3c(c(C)nc4c(C(F)(F)F)cccc34)O2)CN1C(=O)OC(C)(C)C. The molecule has 2 aliphatic rings. The summed E-state index contributed by atoms with van der Waals surface area (Å²) in [5.41, 5.74) is -2.27. The average molecular weight is 515 g/mol. The molecule has 35 heavy (non-hydrogen) atoms. The third-order valence-electron chi connectivity index (χ3n) is 6.17. The number of likely N-dealkylation sites (tertiary alicyclic amines) is 1. The van der Waals surface area contributed by atoms with Crippen molar-refractivity contribution in [3.8, 4) is 5.75 Å². The molecular weight excluding hydrogens is 489 g/mol. The van der Waals surface area contributed by atoms with Gasteiger partial charge in [0, 0.05) is 23.8 Å². The first-order valence-corrected chi connectivity index (χ1v) is 11.5. The maximum absolute atomic E-state index is 13.6. The number of fused-ring (bicyclic) bond motifs is 3. The minimum Gasteiger partial charge on any atom is -0.483 e. The molecule has 1 fully saturated rings. The van der Waals surface area contributed by atoms with Gasteiger partial charge in [0.05, 0.1) is 35.8 Å². The van der Waals surface area contributed by atoms with Gasteiger partial charge in [-0.3, -0.25) is 4.90 Å². The molecule has 1 aromatic carbocycles. The number of pyridine rings is 1. The lowest BCUT2D eigenvalue weighted by atomic mass is 9.86. The number of esters is 1. The van der Waals surface area contributed by atoms with Crippen molar-refractivity contribution in [2.45, 2.75) is 69.3 Å². The van der Waals surface area contributed by atoms with Crippen molar-refractivity contribution in [1.29, 1.82) is 0 Å². The molecular formula is C24H26ClF3N2O5. The van der Waals surface area contributed by atoms with E-state index in [4.69, 9.17) is 25.8 Å². The number of halogens is 4. The number of rotatable bonds is 1. The Morgan fingerprint density at radius 1 is 1.23 bits per heavy atom. The van der Waals surface area contributed by atoms with Crippen molar-refractivity contribution in [2.75, 3.05) is 13.7 Å². The smallest absolute Gasteiger partial charge is 0.418 e. The number of para-hydroxylation sites is 1. The quantitative estimate of drug-likeness (QED) is 0.367. The van der Waals surface area contributed by atoms with Crippen LogP contribution in [-0.4, -0.2) is 52.8 Å². The Bertz CT molecular complexity index is 1200. The van der Waals surface area contributed by atoms with Gasteiger partial charge in [-0.25, -0.2) is 14.6 Å². The van der Waals surface area contributed by atoms with Gasteiger partial charge in [0.1, 0.15) is 23.0 Å². The van der Waals surface area contributed by atoms with Gasteiger partial charge in [-0.1, -0.05) is 12.1 Å². The van der Waals surface area contributed by atoms with Crippen molar-refractivity contribution in [1.82, 2.24) is 9.88 Å². The van der Waals surface area contributed by atoms with Crippen LogP contribution in [0, 0.1) is 6.92 Å². The van der Waals surface area contributed by atoms with Crippen LogP contribution in [0.3, 0.4) is 0 Å². The van der Waals surface area contributed by atoms with Crippen LogP contribution in [0.1, 0.15) is 55.8 Å². The second kappa shape index (κ2) is 8.43. The number of hydrogen-bond acceptors (Lipinski definition) is 6. The summed E-state index contributed by atoms with van der Waals surface area (Å²) in [6, 6.07) is 2.85. The van der Waals surface area contributed by atoms with Gasteiger partial charge in [-0.05, 0) is 33.8 Å². The van der Waals surface area contributed by atoms with Crippen molar-refractivity contribution in [3.63, 3.8) is 0 Å². The molecule has 2 aliphatic heterocycles. The number of ether oxygens (including phenoxy) is 3. The first-order chi connectivity index (χ1) is 16.2. The van der Waals surface area contributed by atoms with E-state index in [1.165, 1.54) is 24.1 Å². The highest BCUT2D eigenvalue weighted by Crippen LogP contribution is 2.52. The molecule has 2 aromatic rings. The first kappa shape index (κ1) is 25.3. The van der Waals surface area contributed by atoms with Crippen LogP contribution in [0.25, 0.3) is 10.9 Å². The maximum atomic E-state index is 13.6. The van der Waals surface area contributed by atoms with E-state index >= 15 is 0 Å². The predicted molar refractivity (Wildman–Crippen MR) is 121 cm³/mol. The number of methoxy groups -OCH3 is 1. The van der Waals surface area contributed by atoms with Gasteiger partial charge < -0.3 is 14.2 Å². The molecule has 1 saturated heterocycles. The summed E-state index contributed by atoms with van der Waals surface area (Å²) >= 11 is 6.79. The first-order valence-electron chi connectivity index (χ1n) is 11.1. The molecule has 0 radical (unpaired) electrons. The van der Waals surface area contributed by atoms with Gasteiger partial charge in [0.2, 0.25) is 0 Å². The predicted octanol–water partition coefficient (Wildman–Crippen LogP) is 5.55. The third kappa shape index (κ3) is 4.60. The lowest BCUT2D eigenvalue weighted by Gasteiger charge is -2.39. The van der Waals surface area contributed by atoms with E-state index < -0.39 is 46.4 Å². The minimum atomic E-state index is -4.58. The molecule has 11 heteroatoms. The van der Waals surface area contributed by atoms with Crippen LogP contribution in [-0.2, 0) is 20.4 Å². The standard InChI is InChI=1S/C24H26ClF3N2O5/c1-12-19-17(13-7-6-8-14(18(13)29-12)24(26,27)28)15(25)9-23(34-19)10-16(20(31)33-5)30(11-23)21(32)35-22(2,3)4/h6-8,15-16H,9-11H2,1-5H3/t15?,16-,23-/m0/s1. The Morgan fingerprint density at radius 2 is 1.91 bits per heavy atom. The zero-order chi connectivity index (χ0) is 25.9. The zero-order valence-corrected chi connectivity index (χ0v) is 20.7. The highest BCUT2D eigenvalue weighted by molar-refractivity contribution is 6.22. The fourth-order valence-corrected chi connectivity index (χ4v) is 5.30. The zero-order valence-electron chi connectivity index (χ0n) is 20.0. The lowest BCUT2D eigenvalue weighted by molar-refractivity contribution is -0.145. The van der Waals surface area contributed by atoms with Crippen molar-refractivity contribution < 1.29 is 37.0 Å². The molecule has 1 unspecified atom stereocenters. The van der Waals surface area contributed by atoms with E-state index in [0.717, 1.165) is 6.07 Å². The molecule has 3 atom stereocenters. The summed E-state index contributed by atoms with van der Waals surface area (Å²) in [5.74, 6) is -0.367. The van der Waals surface area contributed by atoms with Crippen LogP contribution in [0.2, 0.25) is 0 Å². The molecule has 7 nitrogen and oxygen atoms in total. The number of aryl methyl sites for hydroxylation is 1. The molecule has 1 aromatic heterocycles. The number of alkyl halides is 4. The molecule has 1 spiro atoms. The van der Waals surface area contributed by atoms with Crippen molar-refractivity contribution in [3.05, 3.63) is 35.0 Å². The molecule has 0 aliphatic carbocycles. The van der Waals surface area contributed by atoms with Crippen molar-refractivity contribution >= 4 is 34.6 Å². The van der Waals surface area contributed by atoms with Gasteiger partial charge in [0.25, 0.3) is 0 Å². The summed E-state index contributed by atoms with van der Waals surface area (Å²) in [6.07, 6.45) is -5.04. The highest BCUT2D eigenvalue weighted by Gasteiger charge is 2.55. The normalized spacial score (nSPS) is 24.3. The topological polar surface area (TPSA) is 78.0 Å². The van der Waals surface area contributed by atoms with E-state index in [1.54, 1.807) is 27.7 Å². The van der Waals surface area contributed by atoms with E-state index in [9.17, 15) is 22.8 Å². The molecule has 190 valence electrons. The number of amides is 1. The average Bonchev–Trinajstić information content (AvgIpc) is 3.09.